The molecule has 1 saturated carbocycles. The Morgan fingerprint density at radius 3 is 2.63 bits per heavy atom. The zero-order valence-corrected chi connectivity index (χ0v) is 17.5. The first-order chi connectivity index (χ1) is 13.1. The molecule has 5 heteroatoms. The smallest absolute Gasteiger partial charge is 0.263 e. The van der Waals surface area contributed by atoms with Gasteiger partial charge >= 0.3 is 0 Å². The van der Waals surface area contributed by atoms with E-state index in [0.717, 1.165) is 17.0 Å². The monoisotopic (exact) mass is 398 g/mol. The summed E-state index contributed by atoms with van der Waals surface area (Å²) >= 11 is 3.36. The number of para-hydroxylation sites is 1. The van der Waals surface area contributed by atoms with Crippen molar-refractivity contribution in [1.82, 2.24) is 4.90 Å². The van der Waals surface area contributed by atoms with Gasteiger partial charge in [-0.2, -0.15) is 0 Å². The average Bonchev–Trinajstić information content (AvgIpc) is 3.20. The Hall–Kier alpha value is -1.72. The number of aryl methyl sites for hydroxylation is 1. The number of anilines is 1. The molecule has 0 bridgehead atoms. The van der Waals surface area contributed by atoms with Crippen LogP contribution in [0.1, 0.15) is 43.0 Å². The highest BCUT2D eigenvalue weighted by atomic mass is 32.2. The van der Waals surface area contributed by atoms with Crippen molar-refractivity contribution in [1.29, 1.82) is 0 Å². The number of nitrogens with one attached hydrogen (secondary N) is 1. The zero-order valence-electron chi connectivity index (χ0n) is 15.9. The van der Waals surface area contributed by atoms with Gasteiger partial charge in [-0.25, -0.2) is 0 Å². The number of thioether (sulfide) groups is 1. The maximum absolute atomic E-state index is 13.4. The third-order valence-electron chi connectivity index (χ3n) is 5.59. The highest BCUT2D eigenvalue weighted by Crippen LogP contribution is 2.42. The third-order valence-corrected chi connectivity index (χ3v) is 7.67. The molecule has 2 aliphatic rings. The van der Waals surface area contributed by atoms with E-state index in [1.165, 1.54) is 29.7 Å². The van der Waals surface area contributed by atoms with Gasteiger partial charge in [0, 0.05) is 16.6 Å². The molecular weight excluding hydrogens is 372 g/mol. The number of rotatable bonds is 4. The summed E-state index contributed by atoms with van der Waals surface area (Å²) in [5.74, 6) is 0.728. The van der Waals surface area contributed by atoms with Crippen LogP contribution in [0.3, 0.4) is 0 Å². The van der Waals surface area contributed by atoms with Crippen LogP contribution in [0.2, 0.25) is 0 Å². The molecule has 1 N–H and O–H groups in total. The predicted octanol–water partition coefficient (Wildman–Crippen LogP) is 5.95. The summed E-state index contributed by atoms with van der Waals surface area (Å²) in [6, 6.07) is 12.6. The number of benzene rings is 1. The van der Waals surface area contributed by atoms with E-state index in [1.54, 1.807) is 23.1 Å². The fraction of sp³-hybridized carbons (Fsp3) is 0.409. The minimum Gasteiger partial charge on any atom is -0.356 e. The van der Waals surface area contributed by atoms with Crippen LogP contribution < -0.4 is 5.32 Å². The minimum absolute atomic E-state index is 0.0445. The lowest BCUT2D eigenvalue weighted by atomic mass is 9.85. The van der Waals surface area contributed by atoms with Crippen LogP contribution >= 0.6 is 23.1 Å². The number of hydrogen-bond donors (Lipinski definition) is 1. The summed E-state index contributed by atoms with van der Waals surface area (Å²) < 4.78 is 0. The van der Waals surface area contributed by atoms with E-state index >= 15 is 0 Å². The molecule has 27 heavy (non-hydrogen) atoms. The Bertz CT molecular complexity index is 830. The zero-order chi connectivity index (χ0) is 18.8. The van der Waals surface area contributed by atoms with Crippen LogP contribution in [0, 0.1) is 12.8 Å². The topological polar surface area (TPSA) is 32.3 Å². The van der Waals surface area contributed by atoms with Gasteiger partial charge in [0.15, 0.2) is 5.50 Å². The molecule has 142 valence electrons. The highest BCUT2D eigenvalue weighted by Gasteiger charge is 2.42. The number of hydrogen-bond acceptors (Lipinski definition) is 4. The Labute approximate surface area is 169 Å². The van der Waals surface area contributed by atoms with Gasteiger partial charge in [-0.05, 0) is 60.9 Å². The predicted molar refractivity (Wildman–Crippen MR) is 117 cm³/mol. The van der Waals surface area contributed by atoms with Crippen molar-refractivity contribution >= 4 is 40.8 Å². The number of thiophene rings is 1. The van der Waals surface area contributed by atoms with E-state index < -0.39 is 0 Å². The van der Waals surface area contributed by atoms with Gasteiger partial charge in [0.25, 0.3) is 5.91 Å². The standard InChI is InChI=1S/C22H26N2OS2/c1-15-8-6-7-11-18(15)24-21(25)20(14-19-16(2)12-13-26-19)27-22(24)23-17-9-4-3-5-10-17/h3-5,9-10,12-15,18,22-23H,6-8,11H2,1-2H3/b20-14-/t15-,18+,22?/m0/s1. The van der Waals surface area contributed by atoms with Gasteiger partial charge in [0.1, 0.15) is 0 Å². The lowest BCUT2D eigenvalue weighted by Gasteiger charge is -2.39. The van der Waals surface area contributed by atoms with Gasteiger partial charge in [-0.1, -0.05) is 49.7 Å². The van der Waals surface area contributed by atoms with Gasteiger partial charge < -0.3 is 10.2 Å². The van der Waals surface area contributed by atoms with Crippen molar-refractivity contribution in [3.05, 3.63) is 57.1 Å². The van der Waals surface area contributed by atoms with Crippen LogP contribution in [-0.4, -0.2) is 22.3 Å². The van der Waals surface area contributed by atoms with E-state index in [9.17, 15) is 4.79 Å². The van der Waals surface area contributed by atoms with Gasteiger partial charge in [-0.15, -0.1) is 11.3 Å². The minimum atomic E-state index is -0.0445. The van der Waals surface area contributed by atoms with Crippen molar-refractivity contribution in [3.63, 3.8) is 0 Å². The van der Waals surface area contributed by atoms with Gasteiger partial charge in [0.05, 0.1) is 4.91 Å². The molecule has 1 aromatic carbocycles. The van der Waals surface area contributed by atoms with Crippen molar-refractivity contribution in [2.24, 2.45) is 5.92 Å². The fourth-order valence-corrected chi connectivity index (χ4v) is 6.15. The van der Waals surface area contributed by atoms with Crippen LogP contribution in [0.15, 0.2) is 46.7 Å². The average molecular weight is 399 g/mol. The van der Waals surface area contributed by atoms with Crippen molar-refractivity contribution in [3.8, 4) is 0 Å². The second kappa shape index (κ2) is 8.11. The van der Waals surface area contributed by atoms with Gasteiger partial charge in [-0.3, -0.25) is 4.79 Å². The summed E-state index contributed by atoms with van der Waals surface area (Å²) in [5, 5.41) is 5.68. The Balaban J connectivity index is 1.65. The molecule has 0 radical (unpaired) electrons. The highest BCUT2D eigenvalue weighted by molar-refractivity contribution is 8.05. The second-order valence-corrected chi connectivity index (χ2v) is 9.57. The van der Waals surface area contributed by atoms with Gasteiger partial charge in [0.2, 0.25) is 0 Å². The van der Waals surface area contributed by atoms with Crippen LogP contribution in [-0.2, 0) is 4.79 Å². The summed E-state index contributed by atoms with van der Waals surface area (Å²) in [4.78, 5) is 17.5. The Morgan fingerprint density at radius 2 is 1.93 bits per heavy atom. The molecule has 2 heterocycles. The number of amides is 1. The summed E-state index contributed by atoms with van der Waals surface area (Å²) in [6.07, 6.45) is 6.89. The number of carbonyl (C=O) groups excluding carboxylic acids is 1. The summed E-state index contributed by atoms with van der Waals surface area (Å²) in [7, 11) is 0. The Kier molecular flexibility index (Phi) is 5.60. The molecule has 3 nitrogen and oxygen atoms in total. The van der Waals surface area contributed by atoms with E-state index in [0.29, 0.717) is 12.0 Å². The molecule has 2 fully saturated rings. The maximum atomic E-state index is 13.4. The van der Waals surface area contributed by atoms with Crippen LogP contribution in [0.4, 0.5) is 5.69 Å². The molecule has 1 unspecified atom stereocenters. The second-order valence-electron chi connectivity index (χ2n) is 7.50. The van der Waals surface area contributed by atoms with Crippen molar-refractivity contribution in [2.45, 2.75) is 51.1 Å². The molecule has 1 saturated heterocycles. The largest absolute Gasteiger partial charge is 0.356 e. The summed E-state index contributed by atoms with van der Waals surface area (Å²) in [6.45, 7) is 4.40. The van der Waals surface area contributed by atoms with Crippen molar-refractivity contribution < 1.29 is 4.79 Å². The number of carbonyl (C=O) groups is 1. The first-order valence-corrected chi connectivity index (χ1v) is 11.5. The van der Waals surface area contributed by atoms with E-state index in [4.69, 9.17) is 0 Å². The van der Waals surface area contributed by atoms with E-state index in [1.807, 2.05) is 18.2 Å². The Morgan fingerprint density at radius 1 is 1.15 bits per heavy atom. The molecule has 1 aliphatic carbocycles. The third kappa shape index (κ3) is 3.94. The lowest BCUT2D eigenvalue weighted by molar-refractivity contribution is -0.129. The van der Waals surface area contributed by atoms with E-state index in [2.05, 4.69) is 53.7 Å². The SMILES string of the molecule is Cc1ccsc1/C=C1\SC(Nc2ccccc2)N([C@@H]2CCCC[C@@H]2C)C1=O. The molecule has 0 spiro atoms. The first kappa shape index (κ1) is 18.6. The molecule has 1 aliphatic heterocycles. The summed E-state index contributed by atoms with van der Waals surface area (Å²) in [5.41, 5.74) is 2.25. The molecule has 4 rings (SSSR count). The molecule has 3 atom stereocenters. The number of nitrogens with zero attached hydrogens (tertiary/aromatic N) is 1. The first-order valence-electron chi connectivity index (χ1n) is 9.70. The molecular formula is C22H26N2OS2. The molecule has 1 aromatic heterocycles. The fourth-order valence-electron chi connectivity index (χ4n) is 4.02. The maximum Gasteiger partial charge on any atom is 0.263 e. The van der Waals surface area contributed by atoms with Crippen molar-refractivity contribution in [2.75, 3.05) is 5.32 Å². The molecule has 1 amide bonds. The molecule has 2 aromatic rings. The normalized spacial score (nSPS) is 27.3. The van der Waals surface area contributed by atoms with Crippen LogP contribution in [0.5, 0.6) is 0 Å². The van der Waals surface area contributed by atoms with E-state index in [-0.39, 0.29) is 11.4 Å². The lowest BCUT2D eigenvalue weighted by Crippen LogP contribution is -2.48. The quantitative estimate of drug-likeness (QED) is 0.646. The van der Waals surface area contributed by atoms with Crippen LogP contribution in [0.25, 0.3) is 6.08 Å².